The molecule has 0 bridgehead atoms. The highest BCUT2D eigenvalue weighted by atomic mass is 127. The summed E-state index contributed by atoms with van der Waals surface area (Å²) in [7, 11) is 0. The van der Waals surface area contributed by atoms with Crippen LogP contribution < -0.4 is 0 Å². The lowest BCUT2D eigenvalue weighted by molar-refractivity contribution is 0.325. The quantitative estimate of drug-likeness (QED) is 0.525. The van der Waals surface area contributed by atoms with Crippen LogP contribution in [0.1, 0.15) is 25.1 Å². The fraction of sp³-hybridized carbons (Fsp3) is 0.562. The van der Waals surface area contributed by atoms with Crippen LogP contribution in [-0.2, 0) is 13.0 Å². The van der Waals surface area contributed by atoms with Crippen LogP contribution in [0.5, 0.6) is 0 Å². The second-order valence-electron chi connectivity index (χ2n) is 5.65. The Kier molecular flexibility index (Phi) is 5.40. The fourth-order valence-corrected chi connectivity index (χ4v) is 3.78. The summed E-state index contributed by atoms with van der Waals surface area (Å²) in [5.74, 6) is 1.76. The number of imidazole rings is 1. The summed E-state index contributed by atoms with van der Waals surface area (Å²) >= 11 is 8.28. The number of rotatable bonds is 6. The van der Waals surface area contributed by atoms with Crippen molar-refractivity contribution in [2.24, 2.45) is 0 Å². The molecule has 3 nitrogen and oxygen atoms in total. The van der Waals surface area contributed by atoms with Gasteiger partial charge in [-0.3, -0.25) is 0 Å². The molecule has 0 aliphatic carbocycles. The number of likely N-dealkylation sites (tertiary alicyclic amines) is 1. The van der Waals surface area contributed by atoms with Gasteiger partial charge in [0.05, 0.1) is 11.0 Å². The molecule has 1 aromatic heterocycles. The lowest BCUT2D eigenvalue weighted by atomic mass is 10.3. The molecule has 5 heteroatoms. The van der Waals surface area contributed by atoms with Crippen LogP contribution in [0.2, 0.25) is 0 Å². The molecule has 2 aromatic rings. The molecule has 1 aliphatic heterocycles. The van der Waals surface area contributed by atoms with Gasteiger partial charge in [0.25, 0.3) is 0 Å². The van der Waals surface area contributed by atoms with E-state index in [0.29, 0.717) is 5.88 Å². The van der Waals surface area contributed by atoms with E-state index < -0.39 is 0 Å². The smallest absolute Gasteiger partial charge is 0.111 e. The molecule has 1 saturated heterocycles. The number of halogens is 2. The largest absolute Gasteiger partial charge is 0.328 e. The molecular weight excluding hydrogens is 397 g/mol. The summed E-state index contributed by atoms with van der Waals surface area (Å²) in [6, 6.07) is 6.51. The molecule has 0 N–H and O–H groups in total. The lowest BCUT2D eigenvalue weighted by Gasteiger charge is -2.15. The van der Waals surface area contributed by atoms with Crippen LogP contribution in [0.3, 0.4) is 0 Å². The van der Waals surface area contributed by atoms with Crippen LogP contribution in [-0.4, -0.2) is 40.0 Å². The van der Waals surface area contributed by atoms with Crippen LogP contribution in [0.25, 0.3) is 11.0 Å². The van der Waals surface area contributed by atoms with Crippen molar-refractivity contribution in [1.82, 2.24) is 14.5 Å². The minimum absolute atomic E-state index is 0.631. The van der Waals surface area contributed by atoms with E-state index in [1.54, 1.807) is 0 Å². The van der Waals surface area contributed by atoms with Gasteiger partial charge in [-0.1, -0.05) is 0 Å². The van der Waals surface area contributed by atoms with Crippen molar-refractivity contribution in [2.45, 2.75) is 32.2 Å². The first-order valence-corrected chi connectivity index (χ1v) is 9.32. The number of nitrogens with zero attached hydrogens (tertiary/aromatic N) is 3. The number of aryl methyl sites for hydroxylation is 2. The number of alkyl halides is 1. The predicted octanol–water partition coefficient (Wildman–Crippen LogP) is 3.91. The Morgan fingerprint density at radius 1 is 1.19 bits per heavy atom. The maximum absolute atomic E-state index is 5.94. The summed E-state index contributed by atoms with van der Waals surface area (Å²) in [6.45, 7) is 4.79. The Hall–Kier alpha value is -0.330. The third-order valence-electron chi connectivity index (χ3n) is 4.16. The molecule has 0 unspecified atom stereocenters. The first-order valence-electron chi connectivity index (χ1n) is 7.71. The van der Waals surface area contributed by atoms with Crippen molar-refractivity contribution in [2.75, 3.05) is 25.5 Å². The first-order chi connectivity index (χ1) is 10.3. The molecule has 0 amide bonds. The molecule has 2 heterocycles. The van der Waals surface area contributed by atoms with E-state index in [9.17, 15) is 0 Å². The third-order valence-corrected chi connectivity index (χ3v) is 5.02. The van der Waals surface area contributed by atoms with E-state index in [0.717, 1.165) is 24.3 Å². The van der Waals surface area contributed by atoms with E-state index in [2.05, 4.69) is 50.3 Å². The minimum Gasteiger partial charge on any atom is -0.328 e. The normalized spacial score (nSPS) is 16.1. The average molecular weight is 418 g/mol. The van der Waals surface area contributed by atoms with E-state index in [1.165, 1.54) is 48.0 Å². The Morgan fingerprint density at radius 3 is 2.76 bits per heavy atom. The highest BCUT2D eigenvalue weighted by Crippen LogP contribution is 2.20. The molecule has 0 atom stereocenters. The number of fused-ring (bicyclic) bond motifs is 1. The maximum atomic E-state index is 5.94. The van der Waals surface area contributed by atoms with Gasteiger partial charge in [-0.25, -0.2) is 4.98 Å². The van der Waals surface area contributed by atoms with Crippen LogP contribution >= 0.6 is 34.2 Å². The Labute approximate surface area is 144 Å². The molecule has 1 fully saturated rings. The van der Waals surface area contributed by atoms with E-state index in [-0.39, 0.29) is 0 Å². The van der Waals surface area contributed by atoms with Crippen molar-refractivity contribution in [3.8, 4) is 0 Å². The van der Waals surface area contributed by atoms with Crippen molar-refractivity contribution in [1.29, 1.82) is 0 Å². The maximum Gasteiger partial charge on any atom is 0.111 e. The number of hydrogen-bond acceptors (Lipinski definition) is 2. The number of benzene rings is 1. The van der Waals surface area contributed by atoms with Gasteiger partial charge in [-0.05, 0) is 79.7 Å². The van der Waals surface area contributed by atoms with Gasteiger partial charge in [0, 0.05) is 22.4 Å². The van der Waals surface area contributed by atoms with E-state index in [1.807, 2.05) is 0 Å². The molecule has 114 valence electrons. The van der Waals surface area contributed by atoms with Gasteiger partial charge in [-0.15, -0.1) is 11.6 Å². The predicted molar refractivity (Wildman–Crippen MR) is 97.2 cm³/mol. The Morgan fingerprint density at radius 2 is 2.00 bits per heavy atom. The second-order valence-corrected chi connectivity index (χ2v) is 7.28. The van der Waals surface area contributed by atoms with Crippen LogP contribution in [0.4, 0.5) is 0 Å². The highest BCUT2D eigenvalue weighted by molar-refractivity contribution is 14.1. The van der Waals surface area contributed by atoms with Crippen molar-refractivity contribution >= 4 is 45.2 Å². The first kappa shape index (κ1) is 15.6. The molecule has 1 aromatic carbocycles. The standard InChI is InChI=1S/C16H21ClIN3/c17-7-6-16-19-14-12-13(18)4-5-15(14)21(16)11-3-10-20-8-1-2-9-20/h4-5,12H,1-3,6-11H2. The monoisotopic (exact) mass is 417 g/mol. The van der Waals surface area contributed by atoms with Gasteiger partial charge in [0.2, 0.25) is 0 Å². The molecule has 3 rings (SSSR count). The van der Waals surface area contributed by atoms with Gasteiger partial charge >= 0.3 is 0 Å². The lowest BCUT2D eigenvalue weighted by Crippen LogP contribution is -2.21. The van der Waals surface area contributed by atoms with Gasteiger partial charge in [0.15, 0.2) is 0 Å². The van der Waals surface area contributed by atoms with E-state index >= 15 is 0 Å². The summed E-state index contributed by atoms with van der Waals surface area (Å²) in [6.07, 6.45) is 4.76. The summed E-state index contributed by atoms with van der Waals surface area (Å²) in [5, 5.41) is 0. The van der Waals surface area contributed by atoms with Crippen molar-refractivity contribution in [3.05, 3.63) is 27.6 Å². The zero-order valence-corrected chi connectivity index (χ0v) is 15.1. The summed E-state index contributed by atoms with van der Waals surface area (Å²) in [5.41, 5.74) is 2.35. The van der Waals surface area contributed by atoms with E-state index in [4.69, 9.17) is 16.6 Å². The molecular formula is C16H21ClIN3. The fourth-order valence-electron chi connectivity index (χ4n) is 3.14. The van der Waals surface area contributed by atoms with Gasteiger partial charge in [-0.2, -0.15) is 0 Å². The molecule has 1 aliphatic rings. The van der Waals surface area contributed by atoms with Gasteiger partial charge in [0.1, 0.15) is 5.82 Å². The summed E-state index contributed by atoms with van der Waals surface area (Å²) in [4.78, 5) is 7.35. The zero-order chi connectivity index (χ0) is 14.7. The van der Waals surface area contributed by atoms with Crippen molar-refractivity contribution in [3.63, 3.8) is 0 Å². The SMILES string of the molecule is ClCCc1nc2cc(I)ccc2n1CCCN1CCCC1. The Balaban J connectivity index is 1.76. The Bertz CT molecular complexity index is 605. The molecule has 21 heavy (non-hydrogen) atoms. The number of aromatic nitrogens is 2. The second kappa shape index (κ2) is 7.29. The zero-order valence-electron chi connectivity index (χ0n) is 12.2. The average Bonchev–Trinajstić information content (AvgIpc) is 3.08. The third kappa shape index (κ3) is 3.71. The summed E-state index contributed by atoms with van der Waals surface area (Å²) < 4.78 is 3.60. The molecule has 0 radical (unpaired) electrons. The number of hydrogen-bond donors (Lipinski definition) is 0. The highest BCUT2D eigenvalue weighted by Gasteiger charge is 2.13. The molecule has 0 saturated carbocycles. The van der Waals surface area contributed by atoms with Crippen molar-refractivity contribution < 1.29 is 0 Å². The minimum atomic E-state index is 0.631. The van der Waals surface area contributed by atoms with Gasteiger partial charge < -0.3 is 9.47 Å². The molecule has 0 spiro atoms. The van der Waals surface area contributed by atoms with Crippen LogP contribution in [0, 0.1) is 3.57 Å². The van der Waals surface area contributed by atoms with Crippen LogP contribution in [0.15, 0.2) is 18.2 Å². The topological polar surface area (TPSA) is 21.1 Å².